The molecule has 2 N–H and O–H groups in total. The quantitative estimate of drug-likeness (QED) is 0.233. The molecule has 7 heteroatoms. The Hall–Kier alpha value is -4.65. The summed E-state index contributed by atoms with van der Waals surface area (Å²) >= 11 is 0. The van der Waals surface area contributed by atoms with Crippen LogP contribution in [0.1, 0.15) is 36.4 Å². The summed E-state index contributed by atoms with van der Waals surface area (Å²) in [4.78, 5) is 21.9. The van der Waals surface area contributed by atoms with Crippen molar-refractivity contribution in [2.75, 3.05) is 18.5 Å². The molecule has 5 rings (SSSR count). The van der Waals surface area contributed by atoms with E-state index in [1.54, 1.807) is 35.5 Å². The first-order valence-corrected chi connectivity index (χ1v) is 13.0. The van der Waals surface area contributed by atoms with Crippen LogP contribution in [0, 0.1) is 5.82 Å². The summed E-state index contributed by atoms with van der Waals surface area (Å²) in [5, 5.41) is 3.51. The molecule has 1 aliphatic heterocycles. The van der Waals surface area contributed by atoms with Gasteiger partial charge in [0, 0.05) is 42.7 Å². The average Bonchev–Trinajstić information content (AvgIpc) is 3.42. The van der Waals surface area contributed by atoms with E-state index in [1.807, 2.05) is 42.6 Å². The van der Waals surface area contributed by atoms with E-state index in [0.29, 0.717) is 6.54 Å². The van der Waals surface area contributed by atoms with Crippen LogP contribution in [0.25, 0.3) is 22.4 Å². The van der Waals surface area contributed by atoms with Gasteiger partial charge < -0.3 is 15.0 Å². The Morgan fingerprint density at radius 2 is 2.00 bits per heavy atom. The molecule has 4 aromatic rings. The molecule has 3 heterocycles. The molecule has 1 aliphatic rings. The molecule has 1 amide bonds. The Balaban J connectivity index is 1.49. The van der Waals surface area contributed by atoms with E-state index in [1.165, 1.54) is 17.7 Å². The fourth-order valence-electron chi connectivity index (χ4n) is 4.88. The van der Waals surface area contributed by atoms with Crippen LogP contribution in [0.3, 0.4) is 0 Å². The molecule has 2 atom stereocenters. The number of allylic oxidation sites excluding steroid dienone is 1. The second kappa shape index (κ2) is 11.8. The van der Waals surface area contributed by atoms with Gasteiger partial charge >= 0.3 is 6.09 Å². The fraction of sp³-hybridized carbons (Fsp3) is 0.188. The van der Waals surface area contributed by atoms with Crippen molar-refractivity contribution in [3.8, 4) is 22.4 Å². The maximum Gasteiger partial charge on any atom is 0.414 e. The standard InChI is InChI=1S/C32H31FN4O2/c1-3-19-39-32(38)37-17-14-24(15-18-37)28-21-35-31(25-9-11-27(33)12-10-25)30(28)26-13-16-34-29(20-26)36-22(2)23-7-5-4-6-8-23/h3-14,16-17,20-22,24,35H,1,15,18-19H2,2H3,(H,34,36)/t22-,24?/m0/s1. The number of halogens is 1. The minimum absolute atomic E-state index is 0.0710. The first-order valence-electron chi connectivity index (χ1n) is 13.0. The van der Waals surface area contributed by atoms with Gasteiger partial charge in [0.05, 0.1) is 5.69 Å². The van der Waals surface area contributed by atoms with Crippen molar-refractivity contribution in [2.24, 2.45) is 0 Å². The number of pyridine rings is 1. The van der Waals surface area contributed by atoms with E-state index in [-0.39, 0.29) is 30.5 Å². The number of carbonyl (C=O) groups is 1. The van der Waals surface area contributed by atoms with Gasteiger partial charge in [0.2, 0.25) is 0 Å². The summed E-state index contributed by atoms with van der Waals surface area (Å²) in [6.07, 6.45) is 9.52. The highest BCUT2D eigenvalue weighted by atomic mass is 19.1. The van der Waals surface area contributed by atoms with E-state index >= 15 is 0 Å². The number of rotatable bonds is 8. The van der Waals surface area contributed by atoms with Crippen LogP contribution in [0.15, 0.2) is 104 Å². The number of nitrogens with one attached hydrogen (secondary N) is 2. The molecule has 0 spiro atoms. The van der Waals surface area contributed by atoms with Gasteiger partial charge in [0.15, 0.2) is 0 Å². The summed E-state index contributed by atoms with van der Waals surface area (Å²) in [6.45, 7) is 6.41. The molecule has 0 saturated heterocycles. The van der Waals surface area contributed by atoms with Gasteiger partial charge in [-0.1, -0.05) is 49.1 Å². The van der Waals surface area contributed by atoms with Crippen molar-refractivity contribution in [3.05, 3.63) is 121 Å². The Kier molecular flexibility index (Phi) is 7.87. The number of H-pyrrole nitrogens is 1. The predicted octanol–water partition coefficient (Wildman–Crippen LogP) is 7.68. The number of anilines is 1. The van der Waals surface area contributed by atoms with Crippen molar-refractivity contribution in [1.29, 1.82) is 0 Å². The first-order chi connectivity index (χ1) is 19.0. The second-order valence-corrected chi connectivity index (χ2v) is 9.50. The van der Waals surface area contributed by atoms with Crippen LogP contribution < -0.4 is 5.32 Å². The minimum Gasteiger partial charge on any atom is -0.445 e. The third kappa shape index (κ3) is 5.93. The molecular weight excluding hydrogens is 491 g/mol. The predicted molar refractivity (Wildman–Crippen MR) is 153 cm³/mol. The summed E-state index contributed by atoms with van der Waals surface area (Å²) in [6, 6.07) is 20.8. The molecule has 0 fully saturated rings. The van der Waals surface area contributed by atoms with Gasteiger partial charge in [-0.15, -0.1) is 0 Å². The van der Waals surface area contributed by atoms with Gasteiger partial charge in [-0.3, -0.25) is 4.90 Å². The van der Waals surface area contributed by atoms with Crippen LogP contribution in [0.4, 0.5) is 15.0 Å². The Morgan fingerprint density at radius 3 is 2.72 bits per heavy atom. The van der Waals surface area contributed by atoms with E-state index in [4.69, 9.17) is 4.74 Å². The van der Waals surface area contributed by atoms with Gasteiger partial charge in [-0.05, 0) is 72.0 Å². The normalized spacial score (nSPS) is 15.5. The largest absolute Gasteiger partial charge is 0.445 e. The Morgan fingerprint density at radius 1 is 1.21 bits per heavy atom. The fourth-order valence-corrected chi connectivity index (χ4v) is 4.88. The van der Waals surface area contributed by atoms with Crippen LogP contribution in [-0.4, -0.2) is 34.1 Å². The smallest absolute Gasteiger partial charge is 0.414 e. The number of nitrogens with zero attached hydrogens (tertiary/aromatic N) is 2. The molecule has 6 nitrogen and oxygen atoms in total. The highest BCUT2D eigenvalue weighted by molar-refractivity contribution is 5.85. The first kappa shape index (κ1) is 26.0. The Bertz CT molecular complexity index is 1460. The molecule has 0 aliphatic carbocycles. The number of hydrogen-bond donors (Lipinski definition) is 2. The minimum atomic E-state index is -0.386. The molecule has 39 heavy (non-hydrogen) atoms. The number of ether oxygens (including phenoxy) is 1. The summed E-state index contributed by atoms with van der Waals surface area (Å²) in [5.74, 6) is 0.550. The Labute approximate surface area is 227 Å². The topological polar surface area (TPSA) is 70.2 Å². The number of amides is 1. The maximum absolute atomic E-state index is 13.7. The highest BCUT2D eigenvalue weighted by Gasteiger charge is 2.25. The van der Waals surface area contributed by atoms with E-state index in [9.17, 15) is 9.18 Å². The average molecular weight is 523 g/mol. The monoisotopic (exact) mass is 522 g/mol. The molecule has 2 aromatic carbocycles. The highest BCUT2D eigenvalue weighted by Crippen LogP contribution is 2.41. The number of carbonyl (C=O) groups excluding carboxylic acids is 1. The van der Waals surface area contributed by atoms with Gasteiger partial charge in [-0.2, -0.15) is 0 Å². The zero-order chi connectivity index (χ0) is 27.2. The van der Waals surface area contributed by atoms with Crippen molar-refractivity contribution in [1.82, 2.24) is 14.9 Å². The summed E-state index contributed by atoms with van der Waals surface area (Å²) in [7, 11) is 0. The van der Waals surface area contributed by atoms with E-state index < -0.39 is 0 Å². The number of hydrogen-bond acceptors (Lipinski definition) is 4. The van der Waals surface area contributed by atoms with Crippen LogP contribution in [0.2, 0.25) is 0 Å². The number of benzene rings is 2. The lowest BCUT2D eigenvalue weighted by Crippen LogP contribution is -2.31. The van der Waals surface area contributed by atoms with Crippen molar-refractivity contribution >= 4 is 11.9 Å². The van der Waals surface area contributed by atoms with E-state index in [2.05, 4.69) is 40.9 Å². The van der Waals surface area contributed by atoms with Crippen LogP contribution in [0.5, 0.6) is 0 Å². The molecular formula is C32H31FN4O2. The third-order valence-electron chi connectivity index (χ3n) is 6.89. The van der Waals surface area contributed by atoms with Crippen molar-refractivity contribution in [2.45, 2.75) is 25.3 Å². The lowest BCUT2D eigenvalue weighted by molar-refractivity contribution is 0.125. The number of aromatic nitrogens is 2. The lowest BCUT2D eigenvalue weighted by atomic mass is 9.88. The molecule has 198 valence electrons. The summed E-state index contributed by atoms with van der Waals surface area (Å²) in [5.41, 5.74) is 6.07. The van der Waals surface area contributed by atoms with Crippen molar-refractivity contribution in [3.63, 3.8) is 0 Å². The van der Waals surface area contributed by atoms with Crippen LogP contribution >= 0.6 is 0 Å². The van der Waals surface area contributed by atoms with Gasteiger partial charge in [0.25, 0.3) is 0 Å². The third-order valence-corrected chi connectivity index (χ3v) is 6.89. The zero-order valence-electron chi connectivity index (χ0n) is 21.8. The number of aromatic amines is 1. The van der Waals surface area contributed by atoms with Gasteiger partial charge in [0.1, 0.15) is 18.2 Å². The maximum atomic E-state index is 13.7. The second-order valence-electron chi connectivity index (χ2n) is 9.50. The van der Waals surface area contributed by atoms with Crippen molar-refractivity contribution < 1.29 is 13.9 Å². The van der Waals surface area contributed by atoms with Crippen LogP contribution in [-0.2, 0) is 4.74 Å². The summed E-state index contributed by atoms with van der Waals surface area (Å²) < 4.78 is 18.9. The molecule has 0 saturated carbocycles. The molecule has 0 bridgehead atoms. The lowest BCUT2D eigenvalue weighted by Gasteiger charge is -2.26. The molecule has 2 aromatic heterocycles. The SMILES string of the molecule is C=CCOC(=O)N1C=CC(c2c[nH]c(-c3ccc(F)cc3)c2-c2ccnc(N[C@@H](C)c3ccccc3)c2)CC1. The molecule has 0 radical (unpaired) electrons. The van der Waals surface area contributed by atoms with Gasteiger partial charge in [-0.25, -0.2) is 14.2 Å². The zero-order valence-corrected chi connectivity index (χ0v) is 21.8. The molecule has 1 unspecified atom stereocenters. The van der Waals surface area contributed by atoms with E-state index in [0.717, 1.165) is 40.2 Å².